The average Bonchev–Trinajstić information content (AvgIpc) is 2.38. The molecule has 2 rings (SSSR count). The van der Waals surface area contributed by atoms with E-state index in [2.05, 4.69) is 21.2 Å². The van der Waals surface area contributed by atoms with Crippen LogP contribution < -0.4 is 5.32 Å². The molecule has 6 heteroatoms. The second-order valence-corrected chi connectivity index (χ2v) is 5.35. The molecule has 0 aromatic heterocycles. The third-order valence-corrected chi connectivity index (χ3v) is 4.04. The van der Waals surface area contributed by atoms with E-state index in [1.54, 1.807) is 18.2 Å². The fraction of sp³-hybridized carbons (Fsp3) is 0. The minimum Gasteiger partial charge on any atom is -0.507 e. The predicted octanol–water partition coefficient (Wildman–Crippen LogP) is 4.71. The van der Waals surface area contributed by atoms with E-state index in [1.807, 2.05) is 0 Å². The molecule has 19 heavy (non-hydrogen) atoms. The van der Waals surface area contributed by atoms with Crippen LogP contribution >= 0.6 is 39.1 Å². The van der Waals surface area contributed by atoms with Gasteiger partial charge in [-0.25, -0.2) is 0 Å². The molecule has 0 aliphatic heterocycles. The Bertz CT molecular complexity index is 647. The Morgan fingerprint density at radius 3 is 2.68 bits per heavy atom. The van der Waals surface area contributed by atoms with Crippen molar-refractivity contribution in [1.82, 2.24) is 0 Å². The van der Waals surface area contributed by atoms with E-state index in [4.69, 9.17) is 23.2 Å². The lowest BCUT2D eigenvalue weighted by atomic mass is 10.2. The van der Waals surface area contributed by atoms with E-state index in [1.165, 1.54) is 18.2 Å². The molecule has 0 saturated heterocycles. The van der Waals surface area contributed by atoms with Crippen LogP contribution in [0.4, 0.5) is 5.69 Å². The Balaban J connectivity index is 2.31. The number of benzene rings is 2. The van der Waals surface area contributed by atoms with Crippen molar-refractivity contribution in [2.75, 3.05) is 5.32 Å². The van der Waals surface area contributed by atoms with Gasteiger partial charge in [-0.05, 0) is 46.3 Å². The van der Waals surface area contributed by atoms with Crippen LogP contribution in [-0.4, -0.2) is 11.0 Å². The zero-order valence-electron chi connectivity index (χ0n) is 9.45. The van der Waals surface area contributed by atoms with E-state index in [0.717, 1.165) is 0 Å². The fourth-order valence-electron chi connectivity index (χ4n) is 1.48. The van der Waals surface area contributed by atoms with Gasteiger partial charge in [-0.15, -0.1) is 0 Å². The topological polar surface area (TPSA) is 49.3 Å². The highest BCUT2D eigenvalue weighted by molar-refractivity contribution is 9.10. The molecule has 0 aliphatic carbocycles. The van der Waals surface area contributed by atoms with E-state index in [-0.39, 0.29) is 11.3 Å². The van der Waals surface area contributed by atoms with E-state index in [0.29, 0.717) is 20.2 Å². The van der Waals surface area contributed by atoms with Gasteiger partial charge >= 0.3 is 0 Å². The number of phenols is 1. The zero-order valence-corrected chi connectivity index (χ0v) is 12.6. The molecule has 0 bridgehead atoms. The molecule has 3 nitrogen and oxygen atoms in total. The SMILES string of the molecule is O=C(Nc1cccc(Cl)c1Br)c1cc(Cl)ccc1O. The number of rotatable bonds is 2. The molecule has 0 fully saturated rings. The Labute approximate surface area is 128 Å². The van der Waals surface area contributed by atoms with Crippen LogP contribution in [0, 0.1) is 0 Å². The predicted molar refractivity (Wildman–Crippen MR) is 80.2 cm³/mol. The lowest BCUT2D eigenvalue weighted by Gasteiger charge is -2.09. The number of carbonyl (C=O) groups is 1. The number of anilines is 1. The summed E-state index contributed by atoms with van der Waals surface area (Å²) in [5, 5.41) is 13.1. The fourth-order valence-corrected chi connectivity index (χ4v) is 2.19. The highest BCUT2D eigenvalue weighted by Crippen LogP contribution is 2.31. The number of hydrogen-bond donors (Lipinski definition) is 2. The average molecular weight is 361 g/mol. The van der Waals surface area contributed by atoms with E-state index >= 15 is 0 Å². The summed E-state index contributed by atoms with van der Waals surface area (Å²) in [6.45, 7) is 0. The molecule has 0 spiro atoms. The van der Waals surface area contributed by atoms with Gasteiger partial charge in [0.25, 0.3) is 5.91 Å². The maximum atomic E-state index is 12.1. The molecule has 98 valence electrons. The van der Waals surface area contributed by atoms with Gasteiger partial charge in [0.05, 0.1) is 20.7 Å². The zero-order chi connectivity index (χ0) is 14.0. The lowest BCUT2D eigenvalue weighted by molar-refractivity contribution is 0.102. The minimum absolute atomic E-state index is 0.0966. The first-order chi connectivity index (χ1) is 8.99. The normalized spacial score (nSPS) is 10.3. The molecule has 1 amide bonds. The number of amides is 1. The van der Waals surface area contributed by atoms with Gasteiger partial charge in [-0.1, -0.05) is 29.3 Å². The van der Waals surface area contributed by atoms with Crippen molar-refractivity contribution in [3.8, 4) is 5.75 Å². The van der Waals surface area contributed by atoms with Gasteiger partial charge in [0, 0.05) is 5.02 Å². The smallest absolute Gasteiger partial charge is 0.259 e. The lowest BCUT2D eigenvalue weighted by Crippen LogP contribution is -2.12. The third kappa shape index (κ3) is 3.21. The summed E-state index contributed by atoms with van der Waals surface area (Å²) in [5.74, 6) is -0.608. The van der Waals surface area contributed by atoms with Gasteiger partial charge in [0.15, 0.2) is 0 Å². The second-order valence-electron chi connectivity index (χ2n) is 3.72. The monoisotopic (exact) mass is 359 g/mol. The first kappa shape index (κ1) is 14.2. The van der Waals surface area contributed by atoms with Crippen LogP contribution in [-0.2, 0) is 0 Å². The van der Waals surface area contributed by atoms with Crippen LogP contribution in [0.15, 0.2) is 40.9 Å². The summed E-state index contributed by atoms with van der Waals surface area (Å²) < 4.78 is 0.575. The molecular formula is C13H8BrCl2NO2. The first-order valence-corrected chi connectivity index (χ1v) is 6.78. The van der Waals surface area contributed by atoms with Gasteiger partial charge in [-0.2, -0.15) is 0 Å². The maximum Gasteiger partial charge on any atom is 0.259 e. The second kappa shape index (κ2) is 5.82. The van der Waals surface area contributed by atoms with Crippen molar-refractivity contribution < 1.29 is 9.90 Å². The molecular weight excluding hydrogens is 353 g/mol. The number of aromatic hydroxyl groups is 1. The van der Waals surface area contributed by atoms with Crippen LogP contribution in [0.3, 0.4) is 0 Å². The molecule has 2 N–H and O–H groups in total. The molecule has 2 aromatic rings. The van der Waals surface area contributed by atoms with E-state index in [9.17, 15) is 9.90 Å². The molecule has 0 atom stereocenters. The van der Waals surface area contributed by atoms with Crippen LogP contribution in [0.1, 0.15) is 10.4 Å². The Morgan fingerprint density at radius 2 is 1.95 bits per heavy atom. The number of phenolic OH excluding ortho intramolecular Hbond substituents is 1. The number of nitrogens with one attached hydrogen (secondary N) is 1. The quantitative estimate of drug-likeness (QED) is 0.814. The van der Waals surface area contributed by atoms with E-state index < -0.39 is 5.91 Å². The highest BCUT2D eigenvalue weighted by atomic mass is 79.9. The number of carbonyl (C=O) groups excluding carboxylic acids is 1. The standard InChI is InChI=1S/C13H8BrCl2NO2/c14-12-9(16)2-1-3-10(12)17-13(19)8-6-7(15)4-5-11(8)18/h1-6,18H,(H,17,19). The number of hydrogen-bond acceptors (Lipinski definition) is 2. The van der Waals surface area contributed by atoms with Crippen molar-refractivity contribution >= 4 is 50.7 Å². The molecule has 0 aliphatic rings. The molecule has 0 radical (unpaired) electrons. The Kier molecular flexibility index (Phi) is 4.34. The maximum absolute atomic E-state index is 12.1. The van der Waals surface area contributed by atoms with Gasteiger partial charge in [0.2, 0.25) is 0 Å². The summed E-state index contributed by atoms with van der Waals surface area (Å²) in [6, 6.07) is 9.35. The molecule has 0 saturated carbocycles. The summed E-state index contributed by atoms with van der Waals surface area (Å²) in [7, 11) is 0. The highest BCUT2D eigenvalue weighted by Gasteiger charge is 2.14. The van der Waals surface area contributed by atoms with Crippen LogP contribution in [0.5, 0.6) is 5.75 Å². The molecule has 0 heterocycles. The van der Waals surface area contributed by atoms with Gasteiger partial charge in [-0.3, -0.25) is 4.79 Å². The van der Waals surface area contributed by atoms with Gasteiger partial charge in [0.1, 0.15) is 5.75 Å². The minimum atomic E-state index is -0.469. The summed E-state index contributed by atoms with van der Waals surface area (Å²) in [5.41, 5.74) is 0.608. The van der Waals surface area contributed by atoms with Crippen LogP contribution in [0.2, 0.25) is 10.0 Å². The number of halogens is 3. The van der Waals surface area contributed by atoms with Crippen molar-refractivity contribution in [1.29, 1.82) is 0 Å². The van der Waals surface area contributed by atoms with Crippen molar-refractivity contribution in [3.05, 3.63) is 56.5 Å². The summed E-state index contributed by atoms with van der Waals surface area (Å²) in [4.78, 5) is 12.1. The van der Waals surface area contributed by atoms with Crippen molar-refractivity contribution in [2.45, 2.75) is 0 Å². The third-order valence-electron chi connectivity index (χ3n) is 2.40. The first-order valence-electron chi connectivity index (χ1n) is 5.23. The largest absolute Gasteiger partial charge is 0.507 e. The Morgan fingerprint density at radius 1 is 1.21 bits per heavy atom. The molecule has 0 unspecified atom stereocenters. The summed E-state index contributed by atoms with van der Waals surface area (Å²) >= 11 is 15.0. The summed E-state index contributed by atoms with van der Waals surface area (Å²) in [6.07, 6.45) is 0. The van der Waals surface area contributed by atoms with Crippen molar-refractivity contribution in [2.24, 2.45) is 0 Å². The van der Waals surface area contributed by atoms with Gasteiger partial charge < -0.3 is 10.4 Å². The molecule has 2 aromatic carbocycles. The van der Waals surface area contributed by atoms with Crippen LogP contribution in [0.25, 0.3) is 0 Å². The Hall–Kier alpha value is -1.23. The van der Waals surface area contributed by atoms with Crippen molar-refractivity contribution in [3.63, 3.8) is 0 Å².